The number of carboxylic acid groups (broad SMARTS) is 1. The van der Waals surface area contributed by atoms with Crippen LogP contribution in [-0.2, 0) is 11.8 Å². The first-order chi connectivity index (χ1) is 8.11. The molecule has 2 rings (SSSR count). The van der Waals surface area contributed by atoms with Gasteiger partial charge in [-0.2, -0.15) is 0 Å². The van der Waals surface area contributed by atoms with Crippen molar-refractivity contribution in [2.24, 2.45) is 18.9 Å². The van der Waals surface area contributed by atoms with Crippen molar-refractivity contribution in [3.63, 3.8) is 0 Å². The lowest BCUT2D eigenvalue weighted by Crippen LogP contribution is -2.29. The van der Waals surface area contributed by atoms with Gasteiger partial charge in [-0.1, -0.05) is 0 Å². The van der Waals surface area contributed by atoms with Crippen LogP contribution in [0, 0.1) is 11.8 Å². The third-order valence-corrected chi connectivity index (χ3v) is 3.64. The summed E-state index contributed by atoms with van der Waals surface area (Å²) in [6, 6.07) is 0. The molecule has 0 amide bonds. The molecule has 1 aliphatic rings. The number of carbonyl (C=O) groups is 1. The molecule has 1 aromatic heterocycles. The van der Waals surface area contributed by atoms with E-state index < -0.39 is 5.97 Å². The van der Waals surface area contributed by atoms with Crippen molar-refractivity contribution >= 4 is 5.97 Å². The molecule has 0 aromatic carbocycles. The third-order valence-electron chi connectivity index (χ3n) is 3.64. The normalized spacial score (nSPS) is 29.2. The summed E-state index contributed by atoms with van der Waals surface area (Å²) in [6.45, 7) is 0.0602. The van der Waals surface area contributed by atoms with Crippen molar-refractivity contribution in [2.45, 2.75) is 25.2 Å². The van der Waals surface area contributed by atoms with Crippen LogP contribution in [0.3, 0.4) is 0 Å². The van der Waals surface area contributed by atoms with Crippen LogP contribution in [0.2, 0.25) is 0 Å². The Balaban J connectivity index is 2.17. The Bertz CT molecular complexity index is 402. The van der Waals surface area contributed by atoms with Crippen LogP contribution in [0.25, 0.3) is 0 Å². The standard InChI is InChI=1S/C12H18N2O3/c1-14-3-2-13-11(14)9-4-8(7-15)5-10(6-9)12(16)17/h2-3,8-10,15H,4-7H2,1H3,(H,16,17). The second-order valence-corrected chi connectivity index (χ2v) is 4.88. The van der Waals surface area contributed by atoms with Crippen molar-refractivity contribution in [3.8, 4) is 0 Å². The fourth-order valence-corrected chi connectivity index (χ4v) is 2.77. The van der Waals surface area contributed by atoms with E-state index in [1.807, 2.05) is 17.8 Å². The van der Waals surface area contributed by atoms with E-state index in [0.717, 1.165) is 12.2 Å². The van der Waals surface area contributed by atoms with Gasteiger partial charge in [0.05, 0.1) is 5.92 Å². The number of hydrogen-bond donors (Lipinski definition) is 2. The van der Waals surface area contributed by atoms with Gasteiger partial charge in [-0.25, -0.2) is 4.98 Å². The molecule has 17 heavy (non-hydrogen) atoms. The molecule has 1 fully saturated rings. The fraction of sp³-hybridized carbons (Fsp3) is 0.667. The molecule has 1 aromatic rings. The summed E-state index contributed by atoms with van der Waals surface area (Å²) in [5.41, 5.74) is 0. The van der Waals surface area contributed by atoms with E-state index in [1.54, 1.807) is 6.20 Å². The molecule has 5 heteroatoms. The molecule has 5 nitrogen and oxygen atoms in total. The molecular formula is C12H18N2O3. The molecule has 3 atom stereocenters. The molecule has 1 aliphatic carbocycles. The van der Waals surface area contributed by atoms with E-state index in [9.17, 15) is 9.90 Å². The van der Waals surface area contributed by atoms with E-state index in [-0.39, 0.29) is 24.4 Å². The second-order valence-electron chi connectivity index (χ2n) is 4.88. The van der Waals surface area contributed by atoms with Crippen LogP contribution in [0.1, 0.15) is 31.0 Å². The van der Waals surface area contributed by atoms with Crippen LogP contribution >= 0.6 is 0 Å². The van der Waals surface area contributed by atoms with Gasteiger partial charge in [0.25, 0.3) is 0 Å². The SMILES string of the molecule is Cn1ccnc1C1CC(CO)CC(C(=O)O)C1. The maximum absolute atomic E-state index is 11.1. The Morgan fingerprint density at radius 2 is 2.29 bits per heavy atom. The number of hydrogen-bond acceptors (Lipinski definition) is 3. The quantitative estimate of drug-likeness (QED) is 0.823. The lowest BCUT2D eigenvalue weighted by molar-refractivity contribution is -0.143. The van der Waals surface area contributed by atoms with Gasteiger partial charge in [0.2, 0.25) is 0 Å². The third kappa shape index (κ3) is 2.49. The molecule has 0 radical (unpaired) electrons. The van der Waals surface area contributed by atoms with Gasteiger partial charge < -0.3 is 14.8 Å². The lowest BCUT2D eigenvalue weighted by atomic mass is 9.75. The Kier molecular flexibility index (Phi) is 3.47. The van der Waals surface area contributed by atoms with Gasteiger partial charge in [0.15, 0.2) is 0 Å². The van der Waals surface area contributed by atoms with Crippen molar-refractivity contribution < 1.29 is 15.0 Å². The Morgan fingerprint density at radius 1 is 1.53 bits per heavy atom. The molecule has 3 unspecified atom stereocenters. The molecule has 94 valence electrons. The van der Waals surface area contributed by atoms with E-state index in [4.69, 9.17) is 5.11 Å². The first-order valence-corrected chi connectivity index (χ1v) is 5.92. The zero-order valence-electron chi connectivity index (χ0n) is 9.91. The maximum atomic E-state index is 11.1. The summed E-state index contributed by atoms with van der Waals surface area (Å²) in [5.74, 6) is 0.0212. The largest absolute Gasteiger partial charge is 0.481 e. The predicted molar refractivity (Wildman–Crippen MR) is 61.5 cm³/mol. The van der Waals surface area contributed by atoms with Crippen LogP contribution < -0.4 is 0 Å². The van der Waals surface area contributed by atoms with Crippen molar-refractivity contribution in [2.75, 3.05) is 6.61 Å². The number of nitrogens with zero attached hydrogens (tertiary/aromatic N) is 2. The van der Waals surface area contributed by atoms with E-state index in [2.05, 4.69) is 4.98 Å². The molecule has 2 N–H and O–H groups in total. The molecule has 0 bridgehead atoms. The molecule has 0 aliphatic heterocycles. The minimum absolute atomic E-state index is 0.0602. The number of aliphatic carboxylic acids is 1. The monoisotopic (exact) mass is 238 g/mol. The van der Waals surface area contributed by atoms with Gasteiger partial charge in [0.1, 0.15) is 5.82 Å². The number of aryl methyl sites for hydroxylation is 1. The Morgan fingerprint density at radius 3 is 2.82 bits per heavy atom. The van der Waals surface area contributed by atoms with Crippen molar-refractivity contribution in [1.29, 1.82) is 0 Å². The van der Waals surface area contributed by atoms with Crippen LogP contribution in [-0.4, -0.2) is 32.3 Å². The first kappa shape index (κ1) is 12.1. The smallest absolute Gasteiger partial charge is 0.306 e. The lowest BCUT2D eigenvalue weighted by Gasteiger charge is -2.31. The highest BCUT2D eigenvalue weighted by Crippen LogP contribution is 2.38. The zero-order chi connectivity index (χ0) is 12.4. The number of carboxylic acids is 1. The summed E-state index contributed by atoms with van der Waals surface area (Å²) >= 11 is 0. The summed E-state index contributed by atoms with van der Waals surface area (Å²) in [5, 5.41) is 18.4. The molecule has 1 heterocycles. The fourth-order valence-electron chi connectivity index (χ4n) is 2.77. The number of rotatable bonds is 3. The maximum Gasteiger partial charge on any atom is 0.306 e. The van der Waals surface area contributed by atoms with Crippen LogP contribution in [0.15, 0.2) is 12.4 Å². The summed E-state index contributed by atoms with van der Waals surface area (Å²) in [4.78, 5) is 15.4. The van der Waals surface area contributed by atoms with Crippen LogP contribution in [0.4, 0.5) is 0 Å². The minimum atomic E-state index is -0.762. The second kappa shape index (κ2) is 4.87. The molecule has 0 spiro atoms. The zero-order valence-corrected chi connectivity index (χ0v) is 9.91. The van der Waals surface area contributed by atoms with Crippen LogP contribution in [0.5, 0.6) is 0 Å². The van der Waals surface area contributed by atoms with Gasteiger partial charge in [-0.05, 0) is 25.2 Å². The highest BCUT2D eigenvalue weighted by Gasteiger charge is 2.34. The van der Waals surface area contributed by atoms with Gasteiger partial charge in [-0.3, -0.25) is 4.79 Å². The number of aromatic nitrogens is 2. The molecule has 0 saturated heterocycles. The van der Waals surface area contributed by atoms with Gasteiger partial charge >= 0.3 is 5.97 Å². The number of imidazole rings is 1. The summed E-state index contributed by atoms with van der Waals surface area (Å²) in [7, 11) is 1.92. The molecule has 1 saturated carbocycles. The minimum Gasteiger partial charge on any atom is -0.481 e. The first-order valence-electron chi connectivity index (χ1n) is 5.92. The highest BCUT2D eigenvalue weighted by molar-refractivity contribution is 5.70. The Hall–Kier alpha value is -1.36. The van der Waals surface area contributed by atoms with Crippen molar-refractivity contribution in [3.05, 3.63) is 18.2 Å². The Labute approximate surface area is 100 Å². The number of aliphatic hydroxyl groups is 1. The van der Waals surface area contributed by atoms with Crippen molar-refractivity contribution in [1.82, 2.24) is 9.55 Å². The van der Waals surface area contributed by atoms with E-state index in [1.165, 1.54) is 0 Å². The predicted octanol–water partition coefficient (Wildman–Crippen LogP) is 0.997. The average molecular weight is 238 g/mol. The van der Waals surface area contributed by atoms with Gasteiger partial charge in [-0.15, -0.1) is 0 Å². The molecular weight excluding hydrogens is 220 g/mol. The van der Waals surface area contributed by atoms with Gasteiger partial charge in [0, 0.05) is 32.0 Å². The topological polar surface area (TPSA) is 75.3 Å². The average Bonchev–Trinajstić information content (AvgIpc) is 2.74. The van der Waals surface area contributed by atoms with E-state index >= 15 is 0 Å². The number of aliphatic hydroxyl groups excluding tert-OH is 1. The highest BCUT2D eigenvalue weighted by atomic mass is 16.4. The summed E-state index contributed by atoms with van der Waals surface area (Å²) < 4.78 is 1.93. The summed E-state index contributed by atoms with van der Waals surface area (Å²) in [6.07, 6.45) is 5.62. The van der Waals surface area contributed by atoms with E-state index in [0.29, 0.717) is 12.8 Å².